The van der Waals surface area contributed by atoms with Gasteiger partial charge in [-0.25, -0.2) is 19.2 Å². The van der Waals surface area contributed by atoms with Crippen LogP contribution in [0.2, 0.25) is 0 Å². The van der Waals surface area contributed by atoms with E-state index in [-0.39, 0.29) is 23.8 Å². The summed E-state index contributed by atoms with van der Waals surface area (Å²) < 4.78 is 23.8. The lowest BCUT2D eigenvalue weighted by atomic mass is 10.1. The molecule has 0 bridgehead atoms. The highest BCUT2D eigenvalue weighted by Crippen LogP contribution is 2.32. The molecule has 0 spiro atoms. The molecule has 1 N–H and O–H groups in total. The van der Waals surface area contributed by atoms with Crippen LogP contribution in [0.3, 0.4) is 0 Å². The summed E-state index contributed by atoms with van der Waals surface area (Å²) in [4.78, 5) is 55.2. The van der Waals surface area contributed by atoms with Crippen LogP contribution in [-0.4, -0.2) is 70.9 Å². The van der Waals surface area contributed by atoms with E-state index in [2.05, 4.69) is 12.2 Å². The second kappa shape index (κ2) is 16.1. The Morgan fingerprint density at radius 2 is 1.34 bits per heavy atom. The molecule has 2 aliphatic heterocycles. The molecule has 47 heavy (non-hydrogen) atoms. The summed E-state index contributed by atoms with van der Waals surface area (Å²) in [5.41, 5.74) is 0.812. The minimum atomic E-state index is -1.30. The van der Waals surface area contributed by atoms with Crippen molar-refractivity contribution in [2.24, 2.45) is 0 Å². The average Bonchev–Trinajstić information content (AvgIpc) is 3.42. The Bertz CT molecular complexity index is 1580. The first-order chi connectivity index (χ1) is 22.8. The highest BCUT2D eigenvalue weighted by molar-refractivity contribution is 7.80. The van der Waals surface area contributed by atoms with Gasteiger partial charge in [0.25, 0.3) is 0 Å². The molecule has 0 aromatic heterocycles. The molecule has 3 aromatic carbocycles. The van der Waals surface area contributed by atoms with Crippen molar-refractivity contribution in [3.63, 3.8) is 0 Å². The summed E-state index contributed by atoms with van der Waals surface area (Å²) in [6.07, 6.45) is 1.71. The fraction of sp³-hybridized carbons (Fsp3) is 0.306. The average molecular weight is 657 g/mol. The van der Waals surface area contributed by atoms with Crippen LogP contribution in [0, 0.1) is 0 Å². The number of nitrogens with zero attached hydrogens (tertiary/aromatic N) is 1. The molecule has 1 saturated heterocycles. The van der Waals surface area contributed by atoms with Crippen molar-refractivity contribution < 1.29 is 38.1 Å². The second-order valence-corrected chi connectivity index (χ2v) is 11.7. The molecule has 1 fully saturated rings. The number of nitrogens with one attached hydrogen (secondary N) is 1. The van der Waals surface area contributed by atoms with Gasteiger partial charge in [0.05, 0.1) is 22.7 Å². The summed E-state index contributed by atoms with van der Waals surface area (Å²) in [6.45, 7) is 1.73. The molecule has 244 valence electrons. The largest absolute Gasteiger partial charge is 0.459 e. The number of urea groups is 1. The van der Waals surface area contributed by atoms with Gasteiger partial charge in [0, 0.05) is 12.6 Å². The van der Waals surface area contributed by atoms with Crippen LogP contribution in [0.4, 0.5) is 4.79 Å². The molecule has 5 rings (SSSR count). The van der Waals surface area contributed by atoms with E-state index in [1.54, 1.807) is 103 Å². The molecule has 3 aromatic rings. The van der Waals surface area contributed by atoms with Crippen molar-refractivity contribution in [3.8, 4) is 0 Å². The van der Waals surface area contributed by atoms with Gasteiger partial charge in [-0.05, 0) is 60.2 Å². The lowest BCUT2D eigenvalue weighted by Crippen LogP contribution is -2.54. The molecule has 0 radical (unpaired) electrons. The monoisotopic (exact) mass is 656 g/mol. The van der Waals surface area contributed by atoms with Crippen molar-refractivity contribution >= 4 is 41.0 Å². The van der Waals surface area contributed by atoms with E-state index < -0.39 is 48.5 Å². The van der Waals surface area contributed by atoms with Crippen LogP contribution in [0.5, 0.6) is 0 Å². The standard InChI is InChI=1S/C36H36N2O8S/c1-2-3-19-28(47)22-27-20-21-38(36(42)37-27)32-31(46-35(41)26-17-11-6-12-18-26)30(45-34(40)25-15-9-5-10-16-25)29(44-32)23-43-33(39)24-13-7-4-8-14-24/h4-18,20-21,27,29-32H,2-3,19,22-23H2,1H3,(H,37,42)/t27?,29-,30+,31+,32-/m1/s1. The Kier molecular flexibility index (Phi) is 11.5. The van der Waals surface area contributed by atoms with Gasteiger partial charge in [0.15, 0.2) is 18.4 Å². The van der Waals surface area contributed by atoms with Gasteiger partial charge < -0.3 is 24.3 Å². The molecule has 2 heterocycles. The van der Waals surface area contributed by atoms with Gasteiger partial charge in [-0.3, -0.25) is 4.90 Å². The van der Waals surface area contributed by atoms with Gasteiger partial charge in [-0.2, -0.15) is 0 Å². The molecule has 10 nitrogen and oxygen atoms in total. The number of carbonyl (C=O) groups excluding carboxylic acids is 4. The molecule has 2 amide bonds. The fourth-order valence-electron chi connectivity index (χ4n) is 5.27. The summed E-state index contributed by atoms with van der Waals surface area (Å²) >= 11 is 5.51. The third-order valence-electron chi connectivity index (χ3n) is 7.73. The summed E-state index contributed by atoms with van der Waals surface area (Å²) in [5, 5.41) is 2.92. The zero-order valence-electron chi connectivity index (χ0n) is 25.9. The number of esters is 3. The molecule has 2 aliphatic rings. The van der Waals surface area contributed by atoms with Crippen molar-refractivity contribution in [2.75, 3.05) is 6.61 Å². The molecular formula is C36H36N2O8S. The molecule has 0 saturated carbocycles. The topological polar surface area (TPSA) is 120 Å². The molecule has 11 heteroatoms. The highest BCUT2D eigenvalue weighted by atomic mass is 32.1. The third-order valence-corrected chi connectivity index (χ3v) is 8.10. The maximum Gasteiger partial charge on any atom is 0.338 e. The lowest BCUT2D eigenvalue weighted by Gasteiger charge is -2.34. The van der Waals surface area contributed by atoms with Crippen molar-refractivity contribution in [3.05, 3.63) is 120 Å². The normalized spacial score (nSPS) is 21.9. The highest BCUT2D eigenvalue weighted by Gasteiger charge is 2.53. The maximum absolute atomic E-state index is 13.5. The number of rotatable bonds is 13. The summed E-state index contributed by atoms with van der Waals surface area (Å²) in [5.74, 6) is -2.05. The summed E-state index contributed by atoms with van der Waals surface area (Å²) in [7, 11) is 0. The SMILES string of the molecule is CCCCC(=S)CC1C=CN([C@@H]2O[C@H](COC(=O)c3ccccc3)[C@H](OC(=O)c3ccccc3)[C@@H]2OC(=O)c2ccccc2)C(=O)N1. The van der Waals surface area contributed by atoms with Gasteiger partial charge in [0.1, 0.15) is 12.7 Å². The molecule has 0 aliphatic carbocycles. The van der Waals surface area contributed by atoms with Crippen LogP contribution >= 0.6 is 12.2 Å². The van der Waals surface area contributed by atoms with Crippen molar-refractivity contribution in [1.82, 2.24) is 10.2 Å². The number of amides is 2. The molecular weight excluding hydrogens is 620 g/mol. The first-order valence-corrected chi connectivity index (χ1v) is 15.9. The predicted octanol–water partition coefficient (Wildman–Crippen LogP) is 5.88. The quantitative estimate of drug-likeness (QED) is 0.137. The van der Waals surface area contributed by atoms with E-state index in [1.807, 2.05) is 0 Å². The van der Waals surface area contributed by atoms with Crippen LogP contribution in [0.1, 0.15) is 63.7 Å². The maximum atomic E-state index is 13.5. The zero-order chi connectivity index (χ0) is 33.2. The number of hydrogen-bond donors (Lipinski definition) is 1. The van der Waals surface area contributed by atoms with E-state index in [1.165, 1.54) is 4.90 Å². The third kappa shape index (κ3) is 8.69. The van der Waals surface area contributed by atoms with Crippen LogP contribution in [-0.2, 0) is 18.9 Å². The molecule has 5 atom stereocenters. The minimum Gasteiger partial charge on any atom is -0.459 e. The Labute approximate surface area is 278 Å². The van der Waals surface area contributed by atoms with Gasteiger partial charge in [-0.15, -0.1) is 0 Å². The van der Waals surface area contributed by atoms with E-state index in [0.29, 0.717) is 12.0 Å². The van der Waals surface area contributed by atoms with E-state index >= 15 is 0 Å². The summed E-state index contributed by atoms with van der Waals surface area (Å²) in [6, 6.07) is 24.1. The van der Waals surface area contributed by atoms with E-state index in [9.17, 15) is 19.2 Å². The minimum absolute atomic E-state index is 0.248. The van der Waals surface area contributed by atoms with E-state index in [4.69, 9.17) is 31.2 Å². The van der Waals surface area contributed by atoms with Gasteiger partial charge in [0.2, 0.25) is 0 Å². The Morgan fingerprint density at radius 3 is 1.87 bits per heavy atom. The zero-order valence-corrected chi connectivity index (χ0v) is 26.7. The first kappa shape index (κ1) is 33.5. The van der Waals surface area contributed by atoms with E-state index in [0.717, 1.165) is 24.1 Å². The van der Waals surface area contributed by atoms with Gasteiger partial charge >= 0.3 is 23.9 Å². The Hall–Kier alpha value is -4.87. The van der Waals surface area contributed by atoms with Crippen LogP contribution in [0.25, 0.3) is 0 Å². The number of unbranched alkanes of at least 4 members (excludes halogenated alkanes) is 1. The number of thiocarbonyl (C=S) groups is 1. The number of ether oxygens (including phenoxy) is 4. The second-order valence-electron chi connectivity index (χ2n) is 11.2. The van der Waals surface area contributed by atoms with Gasteiger partial charge in [-0.1, -0.05) is 80.2 Å². The van der Waals surface area contributed by atoms with Crippen LogP contribution < -0.4 is 5.32 Å². The number of carbonyl (C=O) groups is 4. The first-order valence-electron chi connectivity index (χ1n) is 15.5. The number of hydrogen-bond acceptors (Lipinski definition) is 9. The molecule has 1 unspecified atom stereocenters. The van der Waals surface area contributed by atoms with Crippen molar-refractivity contribution in [1.29, 1.82) is 0 Å². The van der Waals surface area contributed by atoms with Crippen molar-refractivity contribution in [2.45, 2.75) is 63.2 Å². The van der Waals surface area contributed by atoms with Crippen LogP contribution in [0.15, 0.2) is 103 Å². The lowest BCUT2D eigenvalue weighted by molar-refractivity contribution is -0.0734. The Balaban J connectivity index is 1.43. The Morgan fingerprint density at radius 1 is 0.809 bits per heavy atom. The fourth-order valence-corrected chi connectivity index (χ4v) is 5.59. The number of benzene rings is 3. The predicted molar refractivity (Wildman–Crippen MR) is 177 cm³/mol. The smallest absolute Gasteiger partial charge is 0.338 e.